The lowest BCUT2D eigenvalue weighted by Crippen LogP contribution is -2.36. The molecule has 0 aliphatic rings. The Balaban J connectivity index is 2.02. The summed E-state index contributed by atoms with van der Waals surface area (Å²) in [6, 6.07) is 15.5. The van der Waals surface area contributed by atoms with Crippen molar-refractivity contribution in [2.24, 2.45) is 0 Å². The minimum atomic E-state index is -0.361. The van der Waals surface area contributed by atoms with Gasteiger partial charge in [0.1, 0.15) is 0 Å². The number of fused-ring (bicyclic) bond motifs is 1. The van der Waals surface area contributed by atoms with E-state index in [1.165, 1.54) is 17.3 Å². The monoisotopic (exact) mass is 395 g/mol. The van der Waals surface area contributed by atoms with Crippen LogP contribution in [0.1, 0.15) is 31.9 Å². The van der Waals surface area contributed by atoms with E-state index in [1.54, 1.807) is 10.6 Å². The normalized spacial score (nSPS) is 12.3. The van der Waals surface area contributed by atoms with Crippen LogP contribution in [0.25, 0.3) is 10.9 Å². The van der Waals surface area contributed by atoms with Crippen LogP contribution in [-0.4, -0.2) is 26.8 Å². The first-order valence-electron chi connectivity index (χ1n) is 9.37. The van der Waals surface area contributed by atoms with E-state index in [1.807, 2.05) is 70.2 Å². The summed E-state index contributed by atoms with van der Waals surface area (Å²) >= 11 is 1.31. The van der Waals surface area contributed by atoms with Crippen LogP contribution in [0.3, 0.4) is 0 Å². The van der Waals surface area contributed by atoms with Crippen LogP contribution in [0, 0.1) is 6.92 Å². The van der Waals surface area contributed by atoms with Gasteiger partial charge in [-0.2, -0.15) is 0 Å². The Labute approximate surface area is 169 Å². The molecular weight excluding hydrogens is 370 g/mol. The molecule has 0 spiro atoms. The lowest BCUT2D eigenvalue weighted by atomic mass is 10.1. The minimum Gasteiger partial charge on any atom is -0.353 e. The minimum absolute atomic E-state index is 0.0647. The summed E-state index contributed by atoms with van der Waals surface area (Å²) in [6.45, 7) is 8.13. The quantitative estimate of drug-likeness (QED) is 0.510. The number of nitrogens with one attached hydrogen (secondary N) is 1. The third-order valence-corrected chi connectivity index (χ3v) is 5.46. The van der Waals surface area contributed by atoms with E-state index in [2.05, 4.69) is 5.32 Å². The summed E-state index contributed by atoms with van der Waals surface area (Å²) in [7, 11) is 0. The van der Waals surface area contributed by atoms with Crippen molar-refractivity contribution in [3.05, 3.63) is 70.0 Å². The molecular formula is C22H25N3O2S. The number of para-hydroxylation sites is 1. The lowest BCUT2D eigenvalue weighted by molar-refractivity contribution is -0.120. The van der Waals surface area contributed by atoms with Crippen LogP contribution < -0.4 is 10.9 Å². The first-order valence-corrected chi connectivity index (χ1v) is 10.3. The lowest BCUT2D eigenvalue weighted by Gasteiger charge is -2.17. The summed E-state index contributed by atoms with van der Waals surface area (Å²) in [6.07, 6.45) is 0. The molecule has 6 heteroatoms. The van der Waals surface area contributed by atoms with Gasteiger partial charge in [-0.1, -0.05) is 53.7 Å². The number of carbonyl (C=O) groups is 1. The number of hydrogen-bond acceptors (Lipinski definition) is 4. The molecule has 0 radical (unpaired) electrons. The fourth-order valence-corrected chi connectivity index (χ4v) is 3.78. The van der Waals surface area contributed by atoms with Crippen molar-refractivity contribution in [1.29, 1.82) is 0 Å². The number of rotatable bonds is 6. The molecule has 28 heavy (non-hydrogen) atoms. The zero-order chi connectivity index (χ0) is 20.3. The van der Waals surface area contributed by atoms with Crippen LogP contribution in [-0.2, 0) is 11.3 Å². The molecule has 0 aliphatic heterocycles. The Bertz CT molecular complexity index is 1040. The van der Waals surface area contributed by atoms with Crippen LogP contribution >= 0.6 is 11.8 Å². The third-order valence-electron chi connectivity index (χ3n) is 4.37. The van der Waals surface area contributed by atoms with Crippen molar-refractivity contribution < 1.29 is 4.79 Å². The van der Waals surface area contributed by atoms with Crippen molar-refractivity contribution >= 4 is 28.6 Å². The Morgan fingerprint density at radius 3 is 2.46 bits per heavy atom. The number of hydrogen-bond donors (Lipinski definition) is 1. The summed E-state index contributed by atoms with van der Waals surface area (Å²) in [4.78, 5) is 30.2. The van der Waals surface area contributed by atoms with Gasteiger partial charge in [0.2, 0.25) is 5.91 Å². The number of aryl methyl sites for hydroxylation is 1. The number of benzene rings is 2. The highest BCUT2D eigenvalue weighted by atomic mass is 32.2. The van der Waals surface area contributed by atoms with Crippen LogP contribution in [0.15, 0.2) is 58.5 Å². The average molecular weight is 396 g/mol. The van der Waals surface area contributed by atoms with Crippen molar-refractivity contribution in [3.63, 3.8) is 0 Å². The molecule has 1 aromatic heterocycles. The van der Waals surface area contributed by atoms with Crippen molar-refractivity contribution in [2.75, 3.05) is 0 Å². The van der Waals surface area contributed by atoms with Gasteiger partial charge in [0.25, 0.3) is 5.56 Å². The fourth-order valence-electron chi connectivity index (χ4n) is 2.87. The number of nitrogens with zero attached hydrogens (tertiary/aromatic N) is 2. The maximum Gasteiger partial charge on any atom is 0.262 e. The van der Waals surface area contributed by atoms with Crippen molar-refractivity contribution in [2.45, 2.75) is 50.7 Å². The number of carbonyl (C=O) groups excluding carboxylic acids is 1. The Morgan fingerprint density at radius 2 is 1.79 bits per heavy atom. The van der Waals surface area contributed by atoms with Gasteiger partial charge in [-0.05, 0) is 45.4 Å². The van der Waals surface area contributed by atoms with Gasteiger partial charge >= 0.3 is 0 Å². The van der Waals surface area contributed by atoms with Gasteiger partial charge in [0.15, 0.2) is 5.16 Å². The van der Waals surface area contributed by atoms with Crippen LogP contribution in [0.2, 0.25) is 0 Å². The summed E-state index contributed by atoms with van der Waals surface area (Å²) in [5, 5.41) is 3.69. The first kappa shape index (κ1) is 20.1. The van der Waals surface area contributed by atoms with Gasteiger partial charge in [0, 0.05) is 6.04 Å². The fraction of sp³-hybridized carbons (Fsp3) is 0.318. The number of amides is 1. The molecule has 0 saturated heterocycles. The number of aromatic nitrogens is 2. The van der Waals surface area contributed by atoms with E-state index >= 15 is 0 Å². The summed E-state index contributed by atoms with van der Waals surface area (Å²) in [5.41, 5.74) is 2.74. The molecule has 3 rings (SSSR count). The zero-order valence-corrected chi connectivity index (χ0v) is 17.4. The second kappa shape index (κ2) is 8.61. The molecule has 2 aromatic carbocycles. The Morgan fingerprint density at radius 1 is 1.11 bits per heavy atom. The maximum absolute atomic E-state index is 13.2. The molecule has 1 amide bonds. The van der Waals surface area contributed by atoms with Gasteiger partial charge in [-0.3, -0.25) is 14.2 Å². The Kier molecular flexibility index (Phi) is 6.19. The Hall–Kier alpha value is -2.60. The van der Waals surface area contributed by atoms with Gasteiger partial charge < -0.3 is 5.32 Å². The summed E-state index contributed by atoms with van der Waals surface area (Å²) in [5.74, 6) is -0.0655. The maximum atomic E-state index is 13.2. The third kappa shape index (κ3) is 4.62. The van der Waals surface area contributed by atoms with Crippen molar-refractivity contribution in [3.8, 4) is 0 Å². The molecule has 3 aromatic rings. The highest BCUT2D eigenvalue weighted by molar-refractivity contribution is 8.00. The zero-order valence-electron chi connectivity index (χ0n) is 16.6. The molecule has 0 bridgehead atoms. The topological polar surface area (TPSA) is 64.0 Å². The molecule has 1 unspecified atom stereocenters. The molecule has 0 fully saturated rings. The predicted molar refractivity (Wildman–Crippen MR) is 115 cm³/mol. The van der Waals surface area contributed by atoms with Crippen molar-refractivity contribution in [1.82, 2.24) is 14.9 Å². The van der Waals surface area contributed by atoms with E-state index in [9.17, 15) is 9.59 Å². The van der Waals surface area contributed by atoms with E-state index in [0.29, 0.717) is 22.6 Å². The van der Waals surface area contributed by atoms with Gasteiger partial charge in [0.05, 0.1) is 22.7 Å². The molecule has 146 valence electrons. The summed E-state index contributed by atoms with van der Waals surface area (Å²) < 4.78 is 1.66. The second-order valence-electron chi connectivity index (χ2n) is 7.21. The smallest absolute Gasteiger partial charge is 0.262 e. The van der Waals surface area contributed by atoms with E-state index in [4.69, 9.17) is 4.98 Å². The SMILES string of the molecule is Cc1ccc(Cn2c(SC(C)C(=O)NC(C)C)nc3ccccc3c2=O)cc1. The molecule has 0 aliphatic carbocycles. The highest BCUT2D eigenvalue weighted by Gasteiger charge is 2.20. The predicted octanol–water partition coefficient (Wildman–Crippen LogP) is 3.76. The largest absolute Gasteiger partial charge is 0.353 e. The van der Waals surface area contributed by atoms with Gasteiger partial charge in [-0.25, -0.2) is 4.98 Å². The molecule has 1 heterocycles. The van der Waals surface area contributed by atoms with E-state index < -0.39 is 0 Å². The second-order valence-corrected chi connectivity index (χ2v) is 8.52. The van der Waals surface area contributed by atoms with Crippen LogP contribution in [0.5, 0.6) is 0 Å². The number of thioether (sulfide) groups is 1. The standard InChI is InChI=1S/C22H25N3O2S/c1-14(2)23-20(26)16(4)28-22-24-19-8-6-5-7-18(19)21(27)25(22)13-17-11-9-15(3)10-12-17/h5-12,14,16H,13H2,1-4H3,(H,23,26). The molecule has 1 atom stereocenters. The van der Waals surface area contributed by atoms with E-state index in [-0.39, 0.29) is 22.8 Å². The molecule has 5 nitrogen and oxygen atoms in total. The van der Waals surface area contributed by atoms with Crippen LogP contribution in [0.4, 0.5) is 0 Å². The van der Waals surface area contributed by atoms with E-state index in [0.717, 1.165) is 5.56 Å². The average Bonchev–Trinajstić information content (AvgIpc) is 2.66. The molecule has 1 N–H and O–H groups in total. The first-order chi connectivity index (χ1) is 13.3. The molecule has 0 saturated carbocycles. The van der Waals surface area contributed by atoms with Gasteiger partial charge in [-0.15, -0.1) is 0 Å². The highest BCUT2D eigenvalue weighted by Crippen LogP contribution is 2.23.